The van der Waals surface area contributed by atoms with E-state index in [2.05, 4.69) is 115 Å². The van der Waals surface area contributed by atoms with Crippen LogP contribution >= 0.6 is 0 Å². The Kier molecular flexibility index (Phi) is 9.80. The first-order chi connectivity index (χ1) is 18.9. The van der Waals surface area contributed by atoms with E-state index in [1.165, 1.54) is 58.1 Å². The molecule has 1 aliphatic rings. The van der Waals surface area contributed by atoms with E-state index in [1.807, 2.05) is 6.20 Å². The predicted molar refractivity (Wildman–Crippen MR) is 182 cm³/mol. The molecule has 1 radical (unpaired) electrons. The zero-order valence-corrected chi connectivity index (χ0v) is 31.3. The van der Waals surface area contributed by atoms with Crippen molar-refractivity contribution >= 4 is 48.3 Å². The molecule has 0 atom stereocenters. The van der Waals surface area contributed by atoms with E-state index in [1.54, 1.807) is 10.4 Å². The van der Waals surface area contributed by atoms with E-state index in [4.69, 9.17) is 10.1 Å². The van der Waals surface area contributed by atoms with Gasteiger partial charge in [-0.05, 0) is 48.6 Å². The fourth-order valence-corrected chi connectivity index (χ4v) is 12.3. The van der Waals surface area contributed by atoms with Gasteiger partial charge < -0.3 is 5.11 Å². The summed E-state index contributed by atoms with van der Waals surface area (Å²) in [6.07, 6.45) is 3.18. The Morgan fingerprint density at radius 1 is 0.976 bits per heavy atom. The second-order valence-corrected chi connectivity index (χ2v) is 23.2. The SMILES string of the molecule is CC(=O)/C=C(/C)O.Cc1c([Si](C)(C)C)ccc2c1[Si](C)(C)c1c-2ccnc1-c1[c-]c2ccccc2c(C(C)(C)C)c1.[Ir]. The third kappa shape index (κ3) is 6.47. The summed E-state index contributed by atoms with van der Waals surface area (Å²) in [5.74, 6) is -0.0625. The standard InChI is InChI=1S/C31H36NSi2.C5H8O2.Ir/c1-20-27(33(5,6)7)15-14-24-25-16-17-32-28(30(25)34(8,9)29(20)24)22-18-21-12-10-11-13-23(21)26(19-22)31(2,3)4;1-4(6)3-5(2)7;/h10-17,19H,1-9H3;3,6H,1-2H3;/q-1;;/b;4-3-;. The van der Waals surface area contributed by atoms with Crippen molar-refractivity contribution in [3.05, 3.63) is 83.8 Å². The molecule has 6 heteroatoms. The van der Waals surface area contributed by atoms with Crippen LogP contribution in [-0.4, -0.2) is 32.0 Å². The molecule has 1 N–H and O–H groups in total. The molecule has 0 saturated heterocycles. The molecule has 5 rings (SSSR count). The van der Waals surface area contributed by atoms with E-state index in [-0.39, 0.29) is 37.1 Å². The quantitative estimate of drug-likeness (QED) is 0.101. The maximum absolute atomic E-state index is 10.0. The minimum absolute atomic E-state index is 0. The summed E-state index contributed by atoms with van der Waals surface area (Å²) < 4.78 is 0. The first-order valence-electron chi connectivity index (χ1n) is 14.4. The zero-order valence-electron chi connectivity index (χ0n) is 26.9. The fraction of sp³-hybridized carbons (Fsp3) is 0.333. The van der Waals surface area contributed by atoms with Crippen molar-refractivity contribution in [2.75, 3.05) is 0 Å². The van der Waals surface area contributed by atoms with E-state index < -0.39 is 16.1 Å². The Hall–Kier alpha value is -2.64. The Bertz CT molecular complexity index is 1690. The summed E-state index contributed by atoms with van der Waals surface area (Å²) in [6.45, 7) is 24.6. The average Bonchev–Trinajstić information content (AvgIpc) is 3.09. The molecule has 3 aromatic carbocycles. The number of nitrogens with zero attached hydrogens (tertiary/aromatic N) is 1. The number of allylic oxidation sites excluding steroid dienone is 2. The van der Waals surface area contributed by atoms with Crippen molar-refractivity contribution in [3.8, 4) is 22.4 Å². The molecule has 0 bridgehead atoms. The van der Waals surface area contributed by atoms with Gasteiger partial charge in [-0.2, -0.15) is 0 Å². The summed E-state index contributed by atoms with van der Waals surface area (Å²) in [5.41, 5.74) is 8.04. The van der Waals surface area contributed by atoms with Gasteiger partial charge in [0, 0.05) is 38.1 Å². The molecule has 2 heterocycles. The van der Waals surface area contributed by atoms with Gasteiger partial charge in [-0.1, -0.05) is 111 Å². The smallest absolute Gasteiger partial charge is 0.155 e. The third-order valence-corrected chi connectivity index (χ3v) is 13.8. The number of benzene rings is 3. The normalized spacial score (nSPS) is 13.9. The molecule has 0 unspecified atom stereocenters. The van der Waals surface area contributed by atoms with E-state index in [9.17, 15) is 4.79 Å². The molecule has 0 saturated carbocycles. The van der Waals surface area contributed by atoms with Crippen molar-refractivity contribution in [1.82, 2.24) is 4.98 Å². The summed E-state index contributed by atoms with van der Waals surface area (Å²) in [7, 11) is -3.38. The Labute approximate surface area is 267 Å². The van der Waals surface area contributed by atoms with Gasteiger partial charge in [0.15, 0.2) is 5.78 Å². The molecule has 3 nitrogen and oxygen atoms in total. The molecule has 1 aliphatic heterocycles. The average molecular weight is 771 g/mol. The molecule has 0 fully saturated rings. The summed E-state index contributed by atoms with van der Waals surface area (Å²) >= 11 is 0. The fourth-order valence-electron chi connectivity index (χ4n) is 6.47. The van der Waals surface area contributed by atoms with Crippen LogP contribution in [0.15, 0.2) is 66.6 Å². The Balaban J connectivity index is 0.000000541. The van der Waals surface area contributed by atoms with Crippen molar-refractivity contribution in [2.24, 2.45) is 0 Å². The van der Waals surface area contributed by atoms with Crippen LogP contribution in [0.5, 0.6) is 0 Å². The Morgan fingerprint density at radius 3 is 2.14 bits per heavy atom. The molecular weight excluding hydrogens is 727 g/mol. The zero-order chi connectivity index (χ0) is 30.5. The molecule has 4 aromatic rings. The van der Waals surface area contributed by atoms with Gasteiger partial charge in [-0.25, -0.2) is 0 Å². The van der Waals surface area contributed by atoms with E-state index in [0.29, 0.717) is 0 Å². The van der Waals surface area contributed by atoms with Gasteiger partial charge in [-0.15, -0.1) is 29.1 Å². The molecule has 42 heavy (non-hydrogen) atoms. The number of ketones is 1. The minimum atomic E-state index is -1.95. The largest absolute Gasteiger partial charge is 0.512 e. The number of carbonyl (C=O) groups excluding carboxylic acids is 1. The number of fused-ring (bicyclic) bond motifs is 4. The number of rotatable bonds is 3. The monoisotopic (exact) mass is 771 g/mol. The van der Waals surface area contributed by atoms with Gasteiger partial charge >= 0.3 is 0 Å². The Morgan fingerprint density at radius 2 is 1.60 bits per heavy atom. The summed E-state index contributed by atoms with van der Waals surface area (Å²) in [4.78, 5) is 15.1. The van der Waals surface area contributed by atoms with Crippen LogP contribution in [-0.2, 0) is 30.3 Å². The molecule has 0 aliphatic carbocycles. The number of aliphatic hydroxyl groups is 1. The van der Waals surface area contributed by atoms with Crippen LogP contribution < -0.4 is 15.6 Å². The maximum atomic E-state index is 10.0. The van der Waals surface area contributed by atoms with E-state index >= 15 is 0 Å². The van der Waals surface area contributed by atoms with Crippen molar-refractivity contribution < 1.29 is 30.0 Å². The van der Waals surface area contributed by atoms with Crippen LogP contribution in [0.25, 0.3) is 33.2 Å². The molecular formula is C36H44IrNO2Si2-. The number of carbonyl (C=O) groups is 1. The van der Waals surface area contributed by atoms with Crippen LogP contribution in [0.2, 0.25) is 32.7 Å². The molecule has 223 valence electrons. The van der Waals surface area contributed by atoms with Crippen LogP contribution in [0.4, 0.5) is 0 Å². The minimum Gasteiger partial charge on any atom is -0.512 e. The summed E-state index contributed by atoms with van der Waals surface area (Å²) in [6, 6.07) is 21.9. The molecule has 0 spiro atoms. The van der Waals surface area contributed by atoms with Gasteiger partial charge in [-0.3, -0.25) is 9.78 Å². The van der Waals surface area contributed by atoms with Crippen molar-refractivity contribution in [1.29, 1.82) is 0 Å². The third-order valence-electron chi connectivity index (χ3n) is 8.01. The van der Waals surface area contributed by atoms with Gasteiger partial charge in [0.05, 0.1) is 13.8 Å². The predicted octanol–water partition coefficient (Wildman–Crippen LogP) is 7.69. The number of pyridine rings is 1. The maximum Gasteiger partial charge on any atom is 0.155 e. The van der Waals surface area contributed by atoms with E-state index in [0.717, 1.165) is 11.3 Å². The number of aromatic nitrogens is 1. The van der Waals surface area contributed by atoms with Crippen LogP contribution in [0.1, 0.15) is 45.7 Å². The van der Waals surface area contributed by atoms with Crippen molar-refractivity contribution in [2.45, 2.75) is 79.7 Å². The summed E-state index contributed by atoms with van der Waals surface area (Å²) in [5, 5.41) is 15.5. The second kappa shape index (κ2) is 12.2. The topological polar surface area (TPSA) is 50.2 Å². The first kappa shape index (κ1) is 33.9. The number of hydrogen-bond donors (Lipinski definition) is 1. The van der Waals surface area contributed by atoms with Gasteiger partial charge in [0.25, 0.3) is 0 Å². The van der Waals surface area contributed by atoms with Crippen LogP contribution in [0.3, 0.4) is 0 Å². The number of hydrogen-bond acceptors (Lipinski definition) is 3. The molecule has 1 aromatic heterocycles. The van der Waals surface area contributed by atoms with Gasteiger partial charge in [0.2, 0.25) is 0 Å². The van der Waals surface area contributed by atoms with Crippen molar-refractivity contribution in [3.63, 3.8) is 0 Å². The molecule has 0 amide bonds. The number of aliphatic hydroxyl groups excluding tert-OH is 1. The van der Waals surface area contributed by atoms with Crippen LogP contribution in [0, 0.1) is 13.0 Å². The first-order valence-corrected chi connectivity index (χ1v) is 20.9. The van der Waals surface area contributed by atoms with Gasteiger partial charge in [0.1, 0.15) is 8.07 Å². The second-order valence-electron chi connectivity index (χ2n) is 13.9.